The third kappa shape index (κ3) is 2.36. The van der Waals surface area contributed by atoms with E-state index in [0.29, 0.717) is 0 Å². The zero-order chi connectivity index (χ0) is 14.0. The summed E-state index contributed by atoms with van der Waals surface area (Å²) in [6.07, 6.45) is -3.25. The van der Waals surface area contributed by atoms with Crippen LogP contribution in [0.2, 0.25) is 0 Å². The minimum absolute atomic E-state index is 0.0352. The number of halogens is 3. The smallest absolute Gasteiger partial charge is 0.396 e. The zero-order valence-electron chi connectivity index (χ0n) is 9.57. The van der Waals surface area contributed by atoms with Gasteiger partial charge < -0.3 is 5.73 Å². The van der Waals surface area contributed by atoms with E-state index in [1.165, 1.54) is 30.5 Å². The van der Waals surface area contributed by atoms with Gasteiger partial charge in [0.25, 0.3) is 0 Å². The number of alkyl halides is 3. The van der Waals surface area contributed by atoms with E-state index in [-0.39, 0.29) is 22.5 Å². The quantitative estimate of drug-likeness (QED) is 0.859. The molecule has 0 aliphatic heterocycles. The molecule has 0 radical (unpaired) electrons. The lowest BCUT2D eigenvalue weighted by atomic mass is 10.0. The Morgan fingerprint density at radius 2 is 1.84 bits per heavy atom. The first kappa shape index (κ1) is 12.9. The van der Waals surface area contributed by atoms with Crippen LogP contribution in [0.4, 0.5) is 18.9 Å². The number of anilines is 1. The van der Waals surface area contributed by atoms with Crippen molar-refractivity contribution in [1.82, 2.24) is 4.98 Å². The second kappa shape index (κ2) is 4.61. The average molecular weight is 263 g/mol. The van der Waals surface area contributed by atoms with Crippen molar-refractivity contribution in [1.29, 1.82) is 5.26 Å². The lowest BCUT2D eigenvalue weighted by Gasteiger charge is -2.13. The van der Waals surface area contributed by atoms with Gasteiger partial charge in [-0.25, -0.2) is 0 Å². The molecule has 3 nitrogen and oxygen atoms in total. The van der Waals surface area contributed by atoms with E-state index in [9.17, 15) is 13.2 Å². The van der Waals surface area contributed by atoms with Crippen LogP contribution in [0.25, 0.3) is 11.3 Å². The monoisotopic (exact) mass is 263 g/mol. The van der Waals surface area contributed by atoms with Crippen molar-refractivity contribution in [3.05, 3.63) is 47.7 Å². The normalized spacial score (nSPS) is 11.1. The fraction of sp³-hybridized carbons (Fsp3) is 0.0769. The Kier molecular flexibility index (Phi) is 3.13. The molecule has 0 saturated heterocycles. The highest BCUT2D eigenvalue weighted by Crippen LogP contribution is 2.38. The fourth-order valence-corrected chi connectivity index (χ4v) is 1.72. The molecule has 1 aromatic heterocycles. The average Bonchev–Trinajstić information content (AvgIpc) is 2.38. The molecular formula is C13H8F3N3. The Balaban J connectivity index is 2.71. The summed E-state index contributed by atoms with van der Waals surface area (Å²) in [4.78, 5) is 3.86. The van der Waals surface area contributed by atoms with Crippen LogP contribution in [0.3, 0.4) is 0 Å². The summed E-state index contributed by atoms with van der Waals surface area (Å²) in [6, 6.07) is 8.16. The molecule has 2 aromatic rings. The van der Waals surface area contributed by atoms with Gasteiger partial charge in [0.05, 0.1) is 22.5 Å². The number of pyridine rings is 1. The largest absolute Gasteiger partial charge is 0.417 e. The second-order valence-electron chi connectivity index (χ2n) is 3.78. The molecule has 1 heterocycles. The highest BCUT2D eigenvalue weighted by Gasteiger charge is 2.34. The molecule has 0 bridgehead atoms. The van der Waals surface area contributed by atoms with Gasteiger partial charge in [-0.15, -0.1) is 0 Å². The third-order valence-corrected chi connectivity index (χ3v) is 2.60. The number of nitriles is 1. The van der Waals surface area contributed by atoms with Gasteiger partial charge in [0.1, 0.15) is 6.07 Å². The van der Waals surface area contributed by atoms with Gasteiger partial charge in [0.2, 0.25) is 0 Å². The molecule has 6 heteroatoms. The molecule has 0 amide bonds. The fourth-order valence-electron chi connectivity index (χ4n) is 1.72. The number of nitrogen functional groups attached to an aromatic ring is 1. The summed E-state index contributed by atoms with van der Waals surface area (Å²) in [7, 11) is 0. The number of aromatic nitrogens is 1. The predicted octanol–water partition coefficient (Wildman–Crippen LogP) is 3.22. The second-order valence-corrected chi connectivity index (χ2v) is 3.78. The lowest BCUT2D eigenvalue weighted by molar-refractivity contribution is -0.137. The molecule has 2 rings (SSSR count). The third-order valence-electron chi connectivity index (χ3n) is 2.60. The van der Waals surface area contributed by atoms with Crippen LogP contribution in [0.1, 0.15) is 11.1 Å². The van der Waals surface area contributed by atoms with Crippen LogP contribution >= 0.6 is 0 Å². The van der Waals surface area contributed by atoms with E-state index in [1.54, 1.807) is 0 Å². The summed E-state index contributed by atoms with van der Waals surface area (Å²) in [5, 5.41) is 8.84. The van der Waals surface area contributed by atoms with Gasteiger partial charge in [-0.05, 0) is 12.1 Å². The Bertz CT molecular complexity index is 657. The molecular weight excluding hydrogens is 255 g/mol. The van der Waals surface area contributed by atoms with Gasteiger partial charge in [0.15, 0.2) is 0 Å². The van der Waals surface area contributed by atoms with Crippen LogP contribution in [0.15, 0.2) is 36.5 Å². The number of hydrogen-bond donors (Lipinski definition) is 1. The highest BCUT2D eigenvalue weighted by atomic mass is 19.4. The highest BCUT2D eigenvalue weighted by molar-refractivity contribution is 5.78. The standard InChI is InChI=1S/C13H8F3N3/c14-13(15,16)10-4-2-1-3-9(10)12-11(18)8(7-17)5-6-19-12/h1-6H,18H2. The van der Waals surface area contributed by atoms with Crippen molar-refractivity contribution < 1.29 is 13.2 Å². The summed E-state index contributed by atoms with van der Waals surface area (Å²) in [6.45, 7) is 0. The first-order valence-electron chi connectivity index (χ1n) is 5.26. The Hall–Kier alpha value is -2.55. The van der Waals surface area contributed by atoms with Gasteiger partial charge in [-0.2, -0.15) is 18.4 Å². The molecule has 0 spiro atoms. The number of nitrogens with zero attached hydrogens (tertiary/aromatic N) is 2. The Morgan fingerprint density at radius 1 is 1.16 bits per heavy atom. The molecule has 0 atom stereocenters. The maximum Gasteiger partial charge on any atom is 0.417 e. The molecule has 0 aliphatic carbocycles. The van der Waals surface area contributed by atoms with Gasteiger partial charge >= 0.3 is 6.18 Å². The van der Waals surface area contributed by atoms with E-state index in [1.807, 2.05) is 6.07 Å². The van der Waals surface area contributed by atoms with Crippen molar-refractivity contribution in [2.75, 3.05) is 5.73 Å². The minimum atomic E-state index is -4.51. The van der Waals surface area contributed by atoms with E-state index in [0.717, 1.165) is 6.07 Å². The summed E-state index contributed by atoms with van der Waals surface area (Å²) in [5.74, 6) is 0. The number of nitrogens with two attached hydrogens (primary N) is 1. The molecule has 0 unspecified atom stereocenters. The molecule has 2 N–H and O–H groups in total. The maximum absolute atomic E-state index is 12.9. The van der Waals surface area contributed by atoms with Crippen molar-refractivity contribution in [2.45, 2.75) is 6.18 Å². The first-order chi connectivity index (χ1) is 8.95. The molecule has 0 aliphatic rings. The number of hydrogen-bond acceptors (Lipinski definition) is 3. The molecule has 0 saturated carbocycles. The van der Waals surface area contributed by atoms with E-state index >= 15 is 0 Å². The Morgan fingerprint density at radius 3 is 2.47 bits per heavy atom. The minimum Gasteiger partial charge on any atom is -0.396 e. The van der Waals surface area contributed by atoms with Crippen LogP contribution in [0, 0.1) is 11.3 Å². The van der Waals surface area contributed by atoms with Gasteiger partial charge in [-0.1, -0.05) is 18.2 Å². The Labute approximate surface area is 107 Å². The topological polar surface area (TPSA) is 62.7 Å². The summed E-state index contributed by atoms with van der Waals surface area (Å²) < 4.78 is 38.7. The first-order valence-corrected chi connectivity index (χ1v) is 5.26. The van der Waals surface area contributed by atoms with Gasteiger partial charge in [0, 0.05) is 11.8 Å². The van der Waals surface area contributed by atoms with Gasteiger partial charge in [-0.3, -0.25) is 4.98 Å². The molecule has 1 aromatic carbocycles. The van der Waals surface area contributed by atoms with Crippen LogP contribution in [0.5, 0.6) is 0 Å². The zero-order valence-corrected chi connectivity index (χ0v) is 9.57. The van der Waals surface area contributed by atoms with E-state index < -0.39 is 11.7 Å². The predicted molar refractivity (Wildman–Crippen MR) is 63.8 cm³/mol. The van der Waals surface area contributed by atoms with Crippen LogP contribution < -0.4 is 5.73 Å². The molecule has 19 heavy (non-hydrogen) atoms. The number of rotatable bonds is 1. The van der Waals surface area contributed by atoms with E-state index in [4.69, 9.17) is 11.0 Å². The van der Waals surface area contributed by atoms with Crippen LogP contribution in [-0.2, 0) is 6.18 Å². The van der Waals surface area contributed by atoms with Crippen molar-refractivity contribution in [2.24, 2.45) is 0 Å². The molecule has 0 fully saturated rings. The lowest BCUT2D eigenvalue weighted by Crippen LogP contribution is -2.08. The summed E-state index contributed by atoms with van der Waals surface area (Å²) in [5.41, 5.74) is 4.73. The van der Waals surface area contributed by atoms with E-state index in [2.05, 4.69) is 4.98 Å². The van der Waals surface area contributed by atoms with Crippen molar-refractivity contribution >= 4 is 5.69 Å². The van der Waals surface area contributed by atoms with Crippen molar-refractivity contribution in [3.63, 3.8) is 0 Å². The van der Waals surface area contributed by atoms with Crippen molar-refractivity contribution in [3.8, 4) is 17.3 Å². The maximum atomic E-state index is 12.9. The van der Waals surface area contributed by atoms with Crippen LogP contribution in [-0.4, -0.2) is 4.98 Å². The molecule has 96 valence electrons. The SMILES string of the molecule is N#Cc1ccnc(-c2ccccc2C(F)(F)F)c1N. The summed E-state index contributed by atoms with van der Waals surface area (Å²) >= 11 is 0. The number of benzene rings is 1.